The van der Waals surface area contributed by atoms with Gasteiger partial charge in [0, 0.05) is 53.6 Å². The number of benzene rings is 2. The highest BCUT2D eigenvalue weighted by Gasteiger charge is 2.43. The Kier molecular flexibility index (Phi) is 4.54. The van der Waals surface area contributed by atoms with Gasteiger partial charge in [0.15, 0.2) is 0 Å². The molecule has 2 bridgehead atoms. The average molecular weight is 444 g/mol. The number of halogens is 2. The minimum Gasteiger partial charge on any atom is -0.327 e. The fourth-order valence-corrected chi connectivity index (χ4v) is 5.57. The number of hydrogen-bond donors (Lipinski definition) is 0. The quantitative estimate of drug-likeness (QED) is 0.427. The summed E-state index contributed by atoms with van der Waals surface area (Å²) in [6, 6.07) is 11.1. The molecule has 4 aromatic rings. The van der Waals surface area contributed by atoms with Gasteiger partial charge >= 0.3 is 0 Å². The van der Waals surface area contributed by atoms with E-state index >= 15 is 0 Å². The summed E-state index contributed by atoms with van der Waals surface area (Å²) in [6.45, 7) is 0. The summed E-state index contributed by atoms with van der Waals surface area (Å²) in [5, 5.41) is 6.72. The maximum absolute atomic E-state index is 14.0. The van der Waals surface area contributed by atoms with Crippen LogP contribution >= 0.6 is 0 Å². The van der Waals surface area contributed by atoms with Crippen molar-refractivity contribution in [3.05, 3.63) is 83.3 Å². The topological polar surface area (TPSA) is 51.0 Å². The molecule has 166 valence electrons. The van der Waals surface area contributed by atoms with Gasteiger partial charge in [0.05, 0.1) is 17.4 Å². The lowest BCUT2D eigenvalue weighted by atomic mass is 9.81. The van der Waals surface area contributed by atoms with Crippen molar-refractivity contribution in [2.24, 2.45) is 7.05 Å². The number of fused-ring (bicyclic) bond motifs is 5. The zero-order valence-corrected chi connectivity index (χ0v) is 18.1. The monoisotopic (exact) mass is 444 g/mol. The van der Waals surface area contributed by atoms with Gasteiger partial charge in [-0.15, -0.1) is 0 Å². The standard InChI is InChI=1S/C26H22F2N4O/c1-31-25(17-10-19(27)12-20(28)11-17)22-13-21-3-2-4-23(24(22)30-31)32(21)26(33)16-6-5-15-7-8-29-14-18(15)9-16/h5-12,14,21,23H,2-4,13H2,1H3/t21-,23?/m0/s1. The van der Waals surface area contributed by atoms with Crippen LogP contribution in [0.1, 0.15) is 46.9 Å². The predicted octanol–water partition coefficient (Wildman–Crippen LogP) is 5.21. The Hall–Kier alpha value is -3.61. The zero-order valence-electron chi connectivity index (χ0n) is 18.1. The highest BCUT2D eigenvalue weighted by atomic mass is 19.1. The molecule has 2 atom stereocenters. The van der Waals surface area contributed by atoms with Gasteiger partial charge in [-0.3, -0.25) is 14.5 Å². The van der Waals surface area contributed by atoms with Crippen LogP contribution in [0.5, 0.6) is 0 Å². The van der Waals surface area contributed by atoms with E-state index in [9.17, 15) is 13.6 Å². The molecule has 1 fully saturated rings. The summed E-state index contributed by atoms with van der Waals surface area (Å²) in [7, 11) is 1.79. The van der Waals surface area contributed by atoms with Crippen molar-refractivity contribution < 1.29 is 13.6 Å². The van der Waals surface area contributed by atoms with Gasteiger partial charge in [0.25, 0.3) is 5.91 Å². The van der Waals surface area contributed by atoms with Gasteiger partial charge in [-0.1, -0.05) is 6.07 Å². The molecular formula is C26H22F2N4O. The average Bonchev–Trinajstić information content (AvgIpc) is 3.13. The molecule has 1 saturated heterocycles. The van der Waals surface area contributed by atoms with Crippen LogP contribution in [0.15, 0.2) is 54.9 Å². The number of nitrogens with zero attached hydrogens (tertiary/aromatic N) is 4. The molecule has 0 radical (unpaired) electrons. The largest absolute Gasteiger partial charge is 0.327 e. The van der Waals surface area contributed by atoms with Crippen molar-refractivity contribution in [1.29, 1.82) is 0 Å². The molecule has 2 aliphatic heterocycles. The third-order valence-electron chi connectivity index (χ3n) is 6.93. The fraction of sp³-hybridized carbons (Fsp3) is 0.269. The predicted molar refractivity (Wildman–Crippen MR) is 121 cm³/mol. The summed E-state index contributed by atoms with van der Waals surface area (Å²) in [5.41, 5.74) is 3.67. The van der Waals surface area contributed by atoms with E-state index in [1.54, 1.807) is 24.1 Å². The Bertz CT molecular complexity index is 1390. The zero-order chi connectivity index (χ0) is 22.7. The maximum Gasteiger partial charge on any atom is 0.254 e. The summed E-state index contributed by atoms with van der Waals surface area (Å²) in [5.74, 6) is -1.23. The first-order chi connectivity index (χ1) is 16.0. The third kappa shape index (κ3) is 3.22. The fourth-order valence-electron chi connectivity index (χ4n) is 5.57. The van der Waals surface area contributed by atoms with E-state index in [0.29, 0.717) is 17.5 Å². The van der Waals surface area contributed by atoms with E-state index in [4.69, 9.17) is 5.10 Å². The molecule has 7 heteroatoms. The normalized spacial score (nSPS) is 19.5. The van der Waals surface area contributed by atoms with E-state index in [0.717, 1.165) is 53.1 Å². The van der Waals surface area contributed by atoms with Gasteiger partial charge < -0.3 is 4.90 Å². The molecular weight excluding hydrogens is 422 g/mol. The first kappa shape index (κ1) is 20.0. The van der Waals surface area contributed by atoms with Crippen LogP contribution in [-0.2, 0) is 13.5 Å². The number of hydrogen-bond acceptors (Lipinski definition) is 3. The molecule has 0 spiro atoms. The SMILES string of the molecule is Cn1nc2c(c1-c1cc(F)cc(F)c1)C[C@@H]1CCCC2N1C(=O)c1ccc2ccncc2c1. The molecule has 5 nitrogen and oxygen atoms in total. The molecule has 2 aromatic heterocycles. The van der Waals surface area contributed by atoms with E-state index in [-0.39, 0.29) is 18.0 Å². The van der Waals surface area contributed by atoms with Gasteiger partial charge in [0.1, 0.15) is 11.6 Å². The molecule has 1 amide bonds. The lowest BCUT2D eigenvalue weighted by Gasteiger charge is -2.45. The molecule has 4 heterocycles. The van der Waals surface area contributed by atoms with Crippen molar-refractivity contribution in [3.8, 4) is 11.3 Å². The lowest BCUT2D eigenvalue weighted by molar-refractivity contribution is 0.0392. The number of rotatable bonds is 2. The van der Waals surface area contributed by atoms with Crippen LogP contribution in [0.4, 0.5) is 8.78 Å². The number of amides is 1. The van der Waals surface area contributed by atoms with E-state index in [2.05, 4.69) is 4.98 Å². The second-order valence-corrected chi connectivity index (χ2v) is 8.95. The van der Waals surface area contributed by atoms with Crippen LogP contribution in [0, 0.1) is 11.6 Å². The molecule has 2 aliphatic rings. The second-order valence-electron chi connectivity index (χ2n) is 8.95. The summed E-state index contributed by atoms with van der Waals surface area (Å²) < 4.78 is 29.6. The number of aryl methyl sites for hydroxylation is 1. The van der Waals surface area contributed by atoms with Crippen molar-refractivity contribution in [3.63, 3.8) is 0 Å². The molecule has 0 N–H and O–H groups in total. The molecule has 2 aromatic carbocycles. The lowest BCUT2D eigenvalue weighted by Crippen LogP contribution is -2.49. The summed E-state index contributed by atoms with van der Waals surface area (Å²) in [4.78, 5) is 19.8. The summed E-state index contributed by atoms with van der Waals surface area (Å²) >= 11 is 0. The summed E-state index contributed by atoms with van der Waals surface area (Å²) in [6.07, 6.45) is 6.85. The number of carbonyl (C=O) groups is 1. The Balaban J connectivity index is 1.42. The van der Waals surface area contributed by atoms with Crippen LogP contribution in [-0.4, -0.2) is 31.6 Å². The van der Waals surface area contributed by atoms with Crippen molar-refractivity contribution in [2.45, 2.75) is 37.8 Å². The Morgan fingerprint density at radius 2 is 1.85 bits per heavy atom. The number of carbonyl (C=O) groups excluding carboxylic acids is 1. The Morgan fingerprint density at radius 3 is 2.67 bits per heavy atom. The van der Waals surface area contributed by atoms with Crippen molar-refractivity contribution in [2.75, 3.05) is 0 Å². The van der Waals surface area contributed by atoms with Gasteiger partial charge in [-0.05, 0) is 61.4 Å². The molecule has 33 heavy (non-hydrogen) atoms. The molecule has 0 saturated carbocycles. The Morgan fingerprint density at radius 1 is 1.03 bits per heavy atom. The minimum atomic E-state index is -0.612. The van der Waals surface area contributed by atoms with Gasteiger partial charge in [0.2, 0.25) is 0 Å². The highest BCUT2D eigenvalue weighted by Crippen LogP contribution is 2.45. The number of aromatic nitrogens is 3. The van der Waals surface area contributed by atoms with Crippen LogP contribution in [0.2, 0.25) is 0 Å². The van der Waals surface area contributed by atoms with Gasteiger partial charge in [-0.25, -0.2) is 8.78 Å². The first-order valence-electron chi connectivity index (χ1n) is 11.2. The second kappa shape index (κ2) is 7.47. The third-order valence-corrected chi connectivity index (χ3v) is 6.93. The minimum absolute atomic E-state index is 0.00916. The van der Waals surface area contributed by atoms with E-state index < -0.39 is 11.6 Å². The molecule has 1 unspecified atom stereocenters. The van der Waals surface area contributed by atoms with Crippen molar-refractivity contribution in [1.82, 2.24) is 19.7 Å². The number of pyridine rings is 1. The first-order valence-corrected chi connectivity index (χ1v) is 11.2. The number of piperidine rings is 1. The van der Waals surface area contributed by atoms with E-state index in [1.807, 2.05) is 29.2 Å². The van der Waals surface area contributed by atoms with Gasteiger partial charge in [-0.2, -0.15) is 5.10 Å². The molecule has 0 aliphatic carbocycles. The molecule has 6 rings (SSSR count). The Labute approximate surface area is 189 Å². The van der Waals surface area contributed by atoms with E-state index in [1.165, 1.54) is 12.1 Å². The maximum atomic E-state index is 14.0. The smallest absolute Gasteiger partial charge is 0.254 e. The van der Waals surface area contributed by atoms with Crippen molar-refractivity contribution >= 4 is 16.7 Å². The van der Waals surface area contributed by atoms with Crippen LogP contribution in [0.25, 0.3) is 22.0 Å². The van der Waals surface area contributed by atoms with Crippen LogP contribution in [0.3, 0.4) is 0 Å². The van der Waals surface area contributed by atoms with Crippen LogP contribution < -0.4 is 0 Å². The highest BCUT2D eigenvalue weighted by molar-refractivity contribution is 5.99.